The van der Waals surface area contributed by atoms with E-state index in [1.54, 1.807) is 12.3 Å². The van der Waals surface area contributed by atoms with Crippen LogP contribution in [0.2, 0.25) is 0 Å². The maximum absolute atomic E-state index is 12.9. The van der Waals surface area contributed by atoms with Crippen LogP contribution in [0.15, 0.2) is 61.2 Å². The van der Waals surface area contributed by atoms with E-state index in [9.17, 15) is 4.79 Å². The summed E-state index contributed by atoms with van der Waals surface area (Å²) < 4.78 is 13.2. The number of aryl methyl sites for hydroxylation is 1. The molecule has 7 heteroatoms. The van der Waals surface area contributed by atoms with Gasteiger partial charge in [-0.15, -0.1) is 0 Å². The Bertz CT molecular complexity index is 1020. The minimum absolute atomic E-state index is 0.110. The Morgan fingerprint density at radius 2 is 1.97 bits per heavy atom. The fourth-order valence-corrected chi connectivity index (χ4v) is 4.13. The number of aromatic nitrogens is 2. The molecule has 1 aliphatic carbocycles. The number of hydrogen-bond acceptors (Lipinski definition) is 4. The molecule has 0 fully saturated rings. The summed E-state index contributed by atoms with van der Waals surface area (Å²) in [6.07, 6.45) is 7.44. The van der Waals surface area contributed by atoms with Crippen molar-refractivity contribution in [2.45, 2.75) is 24.9 Å². The molecular weight excluding hydrogens is 368 g/mol. The largest absolute Gasteiger partial charge is 0.486 e. The lowest BCUT2D eigenvalue weighted by atomic mass is 9.84. The summed E-state index contributed by atoms with van der Waals surface area (Å²) >= 11 is 0. The van der Waals surface area contributed by atoms with Crippen molar-refractivity contribution >= 4 is 11.7 Å². The van der Waals surface area contributed by atoms with Crippen molar-refractivity contribution < 1.29 is 14.3 Å². The summed E-state index contributed by atoms with van der Waals surface area (Å²) in [5.41, 5.74) is 3.08. The smallest absolute Gasteiger partial charge is 0.319 e. The Balaban J connectivity index is 1.37. The second-order valence-corrected chi connectivity index (χ2v) is 7.25. The first-order valence-electron chi connectivity index (χ1n) is 9.80. The molecule has 2 aromatic carbocycles. The molecule has 3 aromatic rings. The minimum atomic E-state index is -0.256. The summed E-state index contributed by atoms with van der Waals surface area (Å²) in [7, 11) is 0. The van der Waals surface area contributed by atoms with Gasteiger partial charge < -0.3 is 24.7 Å². The number of fused-ring (bicyclic) bond motifs is 2. The van der Waals surface area contributed by atoms with E-state index in [0.717, 1.165) is 18.4 Å². The van der Waals surface area contributed by atoms with Crippen molar-refractivity contribution in [2.75, 3.05) is 18.5 Å². The molecule has 0 spiro atoms. The number of benzene rings is 2. The molecular formula is C22H22N4O3. The molecule has 0 saturated carbocycles. The zero-order valence-corrected chi connectivity index (χ0v) is 15.9. The molecule has 2 heterocycles. The number of nitrogens with one attached hydrogen (secondary N) is 2. The fourth-order valence-electron chi connectivity index (χ4n) is 4.13. The van der Waals surface area contributed by atoms with Gasteiger partial charge in [0.25, 0.3) is 0 Å². The van der Waals surface area contributed by atoms with Gasteiger partial charge in [0.1, 0.15) is 13.2 Å². The topological polar surface area (TPSA) is 77.4 Å². The summed E-state index contributed by atoms with van der Waals surface area (Å²) in [6.45, 7) is 1.05. The van der Waals surface area contributed by atoms with Gasteiger partial charge in [0, 0.05) is 24.1 Å². The van der Waals surface area contributed by atoms with Gasteiger partial charge >= 0.3 is 6.03 Å². The van der Waals surface area contributed by atoms with Crippen molar-refractivity contribution in [3.8, 4) is 11.5 Å². The van der Waals surface area contributed by atoms with Gasteiger partial charge in [-0.1, -0.05) is 24.3 Å². The number of ether oxygens (including phenoxy) is 2. The van der Waals surface area contributed by atoms with Gasteiger partial charge in [-0.3, -0.25) is 0 Å². The van der Waals surface area contributed by atoms with Gasteiger partial charge in [-0.25, -0.2) is 9.78 Å². The molecule has 2 amide bonds. The molecule has 7 nitrogen and oxygen atoms in total. The Kier molecular flexibility index (Phi) is 4.56. The maximum Gasteiger partial charge on any atom is 0.319 e. The number of imidazole rings is 1. The van der Waals surface area contributed by atoms with E-state index in [-0.39, 0.29) is 18.1 Å². The van der Waals surface area contributed by atoms with Gasteiger partial charge in [0.2, 0.25) is 0 Å². The quantitative estimate of drug-likeness (QED) is 0.715. The Morgan fingerprint density at radius 3 is 2.83 bits per heavy atom. The zero-order chi connectivity index (χ0) is 19.6. The molecule has 5 rings (SSSR count). The van der Waals surface area contributed by atoms with Crippen LogP contribution in [-0.4, -0.2) is 28.8 Å². The first kappa shape index (κ1) is 17.6. The highest BCUT2D eigenvalue weighted by molar-refractivity contribution is 5.90. The van der Waals surface area contributed by atoms with Crippen LogP contribution in [0.25, 0.3) is 0 Å². The van der Waals surface area contributed by atoms with Crippen molar-refractivity contribution in [3.63, 3.8) is 0 Å². The molecule has 2 aliphatic rings. The lowest BCUT2D eigenvalue weighted by molar-refractivity contribution is 0.171. The highest BCUT2D eigenvalue weighted by Gasteiger charge is 2.31. The highest BCUT2D eigenvalue weighted by atomic mass is 16.6. The number of hydrogen-bond donors (Lipinski definition) is 2. The second-order valence-electron chi connectivity index (χ2n) is 7.25. The van der Waals surface area contributed by atoms with Crippen molar-refractivity contribution in [1.82, 2.24) is 14.9 Å². The third-order valence-corrected chi connectivity index (χ3v) is 5.48. The van der Waals surface area contributed by atoms with Crippen molar-refractivity contribution in [1.29, 1.82) is 0 Å². The van der Waals surface area contributed by atoms with Gasteiger partial charge in [-0.05, 0) is 36.1 Å². The molecule has 2 N–H and O–H groups in total. The zero-order valence-electron chi connectivity index (χ0n) is 15.9. The van der Waals surface area contributed by atoms with E-state index in [4.69, 9.17) is 9.47 Å². The lowest BCUT2D eigenvalue weighted by Gasteiger charge is -2.35. The molecule has 0 saturated heterocycles. The third kappa shape index (κ3) is 3.51. The Labute approximate surface area is 168 Å². The summed E-state index contributed by atoms with van der Waals surface area (Å²) in [5, 5.41) is 6.10. The molecule has 1 aromatic heterocycles. The predicted molar refractivity (Wildman–Crippen MR) is 108 cm³/mol. The van der Waals surface area contributed by atoms with E-state index in [2.05, 4.69) is 32.3 Å². The van der Waals surface area contributed by atoms with Crippen molar-refractivity contribution in [3.05, 3.63) is 72.3 Å². The van der Waals surface area contributed by atoms with E-state index in [1.165, 1.54) is 5.56 Å². The molecule has 148 valence electrons. The monoisotopic (exact) mass is 390 g/mol. The number of amides is 2. The summed E-state index contributed by atoms with van der Waals surface area (Å²) in [4.78, 5) is 17.0. The number of urea groups is 1. The van der Waals surface area contributed by atoms with Crippen LogP contribution in [0.4, 0.5) is 10.5 Å². The van der Waals surface area contributed by atoms with Crippen LogP contribution in [0.1, 0.15) is 29.6 Å². The first-order chi connectivity index (χ1) is 14.3. The molecule has 29 heavy (non-hydrogen) atoms. The van der Waals surface area contributed by atoms with E-state index in [0.29, 0.717) is 30.4 Å². The maximum atomic E-state index is 12.9. The molecule has 2 atom stereocenters. The van der Waals surface area contributed by atoms with E-state index in [1.807, 2.05) is 36.8 Å². The van der Waals surface area contributed by atoms with Crippen LogP contribution in [0, 0.1) is 0 Å². The number of carbonyl (C=O) groups excluding carboxylic acids is 1. The summed E-state index contributed by atoms with van der Waals surface area (Å²) in [5.74, 6) is 1.34. The standard InChI is InChI=1S/C22H22N4O3/c27-22(24-16-6-8-19-20(13-16)29-12-11-28-19)25-21-17-4-2-1-3-15(17)5-7-18(21)26-10-9-23-14-26/h1-4,6,8-10,13-14,18,21H,5,7,11-12H2,(H2,24,25,27)/t18-,21-/m0/s1. The summed E-state index contributed by atoms with van der Waals surface area (Å²) in [6, 6.07) is 13.4. The fraction of sp³-hybridized carbons (Fsp3) is 0.273. The lowest BCUT2D eigenvalue weighted by Crippen LogP contribution is -2.39. The Hall–Kier alpha value is -3.48. The normalized spacial score (nSPS) is 19.9. The van der Waals surface area contributed by atoms with Gasteiger partial charge in [0.15, 0.2) is 11.5 Å². The van der Waals surface area contributed by atoms with Crippen molar-refractivity contribution in [2.24, 2.45) is 0 Å². The second kappa shape index (κ2) is 7.50. The average Bonchev–Trinajstić information content (AvgIpc) is 3.28. The van der Waals surface area contributed by atoms with Crippen LogP contribution >= 0.6 is 0 Å². The molecule has 0 bridgehead atoms. The van der Waals surface area contributed by atoms with Gasteiger partial charge in [0.05, 0.1) is 18.4 Å². The molecule has 1 aliphatic heterocycles. The number of carbonyl (C=O) groups is 1. The van der Waals surface area contributed by atoms with Gasteiger partial charge in [-0.2, -0.15) is 0 Å². The number of nitrogens with zero attached hydrogens (tertiary/aromatic N) is 2. The number of anilines is 1. The third-order valence-electron chi connectivity index (χ3n) is 5.48. The highest BCUT2D eigenvalue weighted by Crippen LogP contribution is 2.38. The van der Waals surface area contributed by atoms with E-state index < -0.39 is 0 Å². The van der Waals surface area contributed by atoms with E-state index >= 15 is 0 Å². The first-order valence-corrected chi connectivity index (χ1v) is 9.80. The predicted octanol–water partition coefficient (Wildman–Crippen LogP) is 3.70. The Morgan fingerprint density at radius 1 is 1.10 bits per heavy atom. The van der Waals surface area contributed by atoms with Crippen LogP contribution in [0.3, 0.4) is 0 Å². The number of rotatable bonds is 3. The molecule has 0 unspecified atom stereocenters. The molecule has 0 radical (unpaired) electrons. The minimum Gasteiger partial charge on any atom is -0.486 e. The van der Waals surface area contributed by atoms with Crippen LogP contribution in [0.5, 0.6) is 11.5 Å². The SMILES string of the molecule is O=C(Nc1ccc2c(c1)OCCO2)N[C@H]1c2ccccc2CC[C@@H]1n1ccnc1. The van der Waals surface area contributed by atoms with Crippen LogP contribution in [-0.2, 0) is 6.42 Å². The average molecular weight is 390 g/mol. The van der Waals surface area contributed by atoms with Crippen LogP contribution < -0.4 is 20.1 Å².